The Balaban J connectivity index is 1.83. The molecule has 1 aromatic heterocycles. The Labute approximate surface area is 170 Å². The average molecular weight is 424 g/mol. The van der Waals surface area contributed by atoms with E-state index in [-0.39, 0.29) is 23.4 Å². The van der Waals surface area contributed by atoms with E-state index in [1.165, 1.54) is 10.4 Å². The van der Waals surface area contributed by atoms with Gasteiger partial charge in [-0.2, -0.15) is 9.40 Å². The molecule has 0 saturated carbocycles. The van der Waals surface area contributed by atoms with Crippen LogP contribution in [0.3, 0.4) is 0 Å². The molecule has 1 fully saturated rings. The molecule has 2 heterocycles. The van der Waals surface area contributed by atoms with Crippen molar-refractivity contribution < 1.29 is 13.2 Å². The van der Waals surface area contributed by atoms with E-state index < -0.39 is 10.0 Å². The molecule has 2 N–H and O–H groups in total. The third-order valence-corrected chi connectivity index (χ3v) is 7.56. The zero-order valence-corrected chi connectivity index (χ0v) is 17.9. The molecule has 1 amide bonds. The predicted molar refractivity (Wildman–Crippen MR) is 108 cm³/mol. The summed E-state index contributed by atoms with van der Waals surface area (Å²) < 4.78 is 29.8. The van der Waals surface area contributed by atoms with E-state index in [0.29, 0.717) is 28.3 Å². The second-order valence-corrected chi connectivity index (χ2v) is 9.40. The number of H-pyrrole nitrogens is 1. The van der Waals surface area contributed by atoms with Crippen molar-refractivity contribution in [1.29, 1.82) is 0 Å². The lowest BCUT2D eigenvalue weighted by molar-refractivity contribution is 0.0948. The summed E-state index contributed by atoms with van der Waals surface area (Å²) in [5.74, 6) is 0.233. The summed E-state index contributed by atoms with van der Waals surface area (Å²) in [6.07, 6.45) is 2.74. The summed E-state index contributed by atoms with van der Waals surface area (Å²) in [7, 11) is -1.88. The van der Waals surface area contributed by atoms with E-state index in [1.54, 1.807) is 30.7 Å². The number of carbonyl (C=O) groups excluding carboxylic acids is 1. The van der Waals surface area contributed by atoms with Crippen LogP contribution in [0.5, 0.6) is 0 Å². The van der Waals surface area contributed by atoms with Gasteiger partial charge in [-0.15, -0.1) is 0 Å². The van der Waals surface area contributed by atoms with Gasteiger partial charge in [0.15, 0.2) is 10.6 Å². The smallest absolute Gasteiger partial charge is 0.251 e. The minimum atomic E-state index is -3.64. The first-order chi connectivity index (χ1) is 13.2. The molecule has 3 rings (SSSR count). The first kappa shape index (κ1) is 20.7. The molecule has 1 aliphatic rings. The lowest BCUT2D eigenvalue weighted by Crippen LogP contribution is -2.42. The summed E-state index contributed by atoms with van der Waals surface area (Å²) in [6.45, 7) is 4.40. The van der Waals surface area contributed by atoms with Crippen LogP contribution in [0, 0.1) is 11.7 Å². The summed E-state index contributed by atoms with van der Waals surface area (Å²) in [6, 6.07) is 4.67. The van der Waals surface area contributed by atoms with Crippen LogP contribution < -0.4 is 5.32 Å². The van der Waals surface area contributed by atoms with Crippen molar-refractivity contribution in [3.8, 4) is 0 Å². The number of nitrogens with one attached hydrogen (secondary N) is 2. The van der Waals surface area contributed by atoms with Gasteiger partial charge >= 0.3 is 0 Å². The first-order valence-electron chi connectivity index (χ1n) is 9.23. The normalized spacial score (nSPS) is 18.2. The molecule has 1 unspecified atom stereocenters. The van der Waals surface area contributed by atoms with Gasteiger partial charge in [0.05, 0.1) is 11.4 Å². The van der Waals surface area contributed by atoms with E-state index in [1.807, 2.05) is 6.92 Å². The molecule has 0 aliphatic carbocycles. The van der Waals surface area contributed by atoms with Crippen molar-refractivity contribution >= 4 is 28.1 Å². The highest BCUT2D eigenvalue weighted by Gasteiger charge is 2.31. The summed E-state index contributed by atoms with van der Waals surface area (Å²) in [5.41, 5.74) is 1.04. The molecule has 1 saturated heterocycles. The number of piperidine rings is 1. The van der Waals surface area contributed by atoms with Gasteiger partial charge in [0.1, 0.15) is 0 Å². The number of nitrogens with zero attached hydrogens (tertiary/aromatic N) is 3. The second kappa shape index (κ2) is 8.14. The fourth-order valence-corrected chi connectivity index (χ4v) is 5.24. The Hall–Kier alpha value is -2.04. The monoisotopic (exact) mass is 423 g/mol. The molecule has 0 spiro atoms. The van der Waals surface area contributed by atoms with Crippen LogP contribution in [-0.2, 0) is 23.6 Å². The molecule has 8 nitrogen and oxygen atoms in total. The second-order valence-electron chi connectivity index (χ2n) is 7.12. The van der Waals surface area contributed by atoms with E-state index in [4.69, 9.17) is 12.2 Å². The van der Waals surface area contributed by atoms with Crippen LogP contribution in [0.2, 0.25) is 0 Å². The molecule has 2 aromatic rings. The molecule has 152 valence electrons. The van der Waals surface area contributed by atoms with Gasteiger partial charge in [0.2, 0.25) is 10.0 Å². The SMILES string of the molecule is Cc1ccc(S(=O)(=O)N2CCCCC2C)cc1C(=O)NCc1n[nH]c(=S)n1C. The van der Waals surface area contributed by atoms with Crippen LogP contribution in [0.15, 0.2) is 23.1 Å². The third kappa shape index (κ3) is 4.03. The van der Waals surface area contributed by atoms with Gasteiger partial charge in [-0.25, -0.2) is 8.42 Å². The maximum Gasteiger partial charge on any atom is 0.251 e. The molecule has 1 atom stereocenters. The molecule has 0 radical (unpaired) electrons. The van der Waals surface area contributed by atoms with Gasteiger partial charge in [-0.3, -0.25) is 9.89 Å². The topological polar surface area (TPSA) is 100 Å². The number of sulfonamides is 1. The van der Waals surface area contributed by atoms with E-state index in [9.17, 15) is 13.2 Å². The lowest BCUT2D eigenvalue weighted by atomic mass is 10.1. The zero-order valence-electron chi connectivity index (χ0n) is 16.2. The van der Waals surface area contributed by atoms with Crippen LogP contribution in [-0.4, -0.2) is 46.0 Å². The van der Waals surface area contributed by atoms with Crippen molar-refractivity contribution in [3.63, 3.8) is 0 Å². The van der Waals surface area contributed by atoms with Gasteiger partial charge < -0.3 is 9.88 Å². The highest BCUT2D eigenvalue weighted by molar-refractivity contribution is 7.89. The van der Waals surface area contributed by atoms with Gasteiger partial charge in [0.25, 0.3) is 5.91 Å². The number of benzene rings is 1. The van der Waals surface area contributed by atoms with E-state index >= 15 is 0 Å². The maximum atomic E-state index is 13.1. The lowest BCUT2D eigenvalue weighted by Gasteiger charge is -2.32. The largest absolute Gasteiger partial charge is 0.345 e. The highest BCUT2D eigenvalue weighted by atomic mass is 32.2. The summed E-state index contributed by atoms with van der Waals surface area (Å²) in [5, 5.41) is 9.50. The number of amides is 1. The quantitative estimate of drug-likeness (QED) is 0.719. The number of hydrogen-bond donors (Lipinski definition) is 2. The summed E-state index contributed by atoms with van der Waals surface area (Å²) in [4.78, 5) is 12.8. The standard InChI is InChI=1S/C18H25N5O3S2/c1-12-7-8-14(28(25,26)23-9-5-4-6-13(23)2)10-15(12)17(24)19-11-16-20-21-18(27)22(16)3/h7-8,10,13H,4-6,9,11H2,1-3H3,(H,19,24)(H,21,27). The Morgan fingerprint density at radius 1 is 1.39 bits per heavy atom. The first-order valence-corrected chi connectivity index (χ1v) is 11.1. The molecule has 0 bridgehead atoms. The molecular weight excluding hydrogens is 398 g/mol. The number of aromatic amines is 1. The fourth-order valence-electron chi connectivity index (χ4n) is 3.36. The van der Waals surface area contributed by atoms with Gasteiger partial charge in [-0.1, -0.05) is 12.5 Å². The molecule has 1 aliphatic heterocycles. The van der Waals surface area contributed by atoms with Crippen molar-refractivity contribution in [3.05, 3.63) is 39.9 Å². The molecule has 10 heteroatoms. The minimum Gasteiger partial charge on any atom is -0.345 e. The third-order valence-electron chi connectivity index (χ3n) is 5.18. The van der Waals surface area contributed by atoms with Crippen LogP contribution >= 0.6 is 12.2 Å². The number of rotatable bonds is 5. The molecular formula is C18H25N5O3S2. The van der Waals surface area contributed by atoms with E-state index in [2.05, 4.69) is 15.5 Å². The zero-order chi connectivity index (χ0) is 20.5. The van der Waals surface area contributed by atoms with Crippen molar-refractivity contribution in [2.24, 2.45) is 7.05 Å². The van der Waals surface area contributed by atoms with E-state index in [0.717, 1.165) is 19.3 Å². The highest BCUT2D eigenvalue weighted by Crippen LogP contribution is 2.26. The Morgan fingerprint density at radius 2 is 2.14 bits per heavy atom. The number of aryl methyl sites for hydroxylation is 1. The Kier molecular flexibility index (Phi) is 6.01. The van der Waals surface area contributed by atoms with Gasteiger partial charge in [0, 0.05) is 25.2 Å². The van der Waals surface area contributed by atoms with Crippen molar-refractivity contribution in [2.45, 2.75) is 50.6 Å². The predicted octanol–water partition coefficient (Wildman–Crippen LogP) is 2.28. The Morgan fingerprint density at radius 3 is 2.79 bits per heavy atom. The number of aromatic nitrogens is 3. The van der Waals surface area contributed by atoms with Crippen LogP contribution in [0.1, 0.15) is 47.9 Å². The van der Waals surface area contributed by atoms with Crippen molar-refractivity contribution in [2.75, 3.05) is 6.54 Å². The van der Waals surface area contributed by atoms with Crippen molar-refractivity contribution in [1.82, 2.24) is 24.4 Å². The van der Waals surface area contributed by atoms with Crippen LogP contribution in [0.4, 0.5) is 0 Å². The molecule has 28 heavy (non-hydrogen) atoms. The fraction of sp³-hybridized carbons (Fsp3) is 0.500. The maximum absolute atomic E-state index is 13.1. The van der Waals surface area contributed by atoms with Gasteiger partial charge in [-0.05, 0) is 56.6 Å². The number of hydrogen-bond acceptors (Lipinski definition) is 5. The Bertz CT molecular complexity index is 1040. The summed E-state index contributed by atoms with van der Waals surface area (Å²) >= 11 is 5.06. The number of carbonyl (C=O) groups is 1. The average Bonchev–Trinajstić information content (AvgIpc) is 2.98. The minimum absolute atomic E-state index is 0.0374. The molecule has 1 aromatic carbocycles. The van der Waals surface area contributed by atoms with Crippen LogP contribution in [0.25, 0.3) is 0 Å².